The molecule has 24 heavy (non-hydrogen) atoms. The topological polar surface area (TPSA) is 66.5 Å². The molecule has 1 aromatic rings. The van der Waals surface area contributed by atoms with Gasteiger partial charge in [0.05, 0.1) is 17.5 Å². The summed E-state index contributed by atoms with van der Waals surface area (Å²) >= 11 is 0. The van der Waals surface area contributed by atoms with Crippen LogP contribution >= 0.6 is 0 Å². The summed E-state index contributed by atoms with van der Waals surface area (Å²) in [6, 6.07) is 8.51. The van der Waals surface area contributed by atoms with Gasteiger partial charge in [-0.05, 0) is 30.4 Å². The molecule has 132 valence electrons. The highest BCUT2D eigenvalue weighted by atomic mass is 32.2. The van der Waals surface area contributed by atoms with Crippen LogP contribution in [0.3, 0.4) is 0 Å². The third kappa shape index (κ3) is 3.81. The maximum absolute atomic E-state index is 13.0. The highest BCUT2D eigenvalue weighted by molar-refractivity contribution is 7.91. The van der Waals surface area contributed by atoms with Gasteiger partial charge in [0.15, 0.2) is 0 Å². The molecule has 0 aromatic heterocycles. The zero-order chi connectivity index (χ0) is 17.2. The summed E-state index contributed by atoms with van der Waals surface area (Å²) in [5.41, 5.74) is 2.44. The van der Waals surface area contributed by atoms with E-state index < -0.39 is 9.84 Å². The molecule has 5 nitrogen and oxygen atoms in total. The van der Waals surface area contributed by atoms with E-state index in [0.717, 1.165) is 25.1 Å². The minimum Gasteiger partial charge on any atom is -0.333 e. The number of hydrogen-bond acceptors (Lipinski definition) is 4. The zero-order valence-electron chi connectivity index (χ0n) is 14.2. The third-order valence-electron chi connectivity index (χ3n) is 5.20. The van der Waals surface area contributed by atoms with Gasteiger partial charge in [-0.15, -0.1) is 0 Å². The van der Waals surface area contributed by atoms with Crippen molar-refractivity contribution in [1.29, 1.82) is 0 Å². The highest BCUT2D eigenvalue weighted by Crippen LogP contribution is 2.28. The summed E-state index contributed by atoms with van der Waals surface area (Å²) in [7, 11) is -2.94. The Hall–Kier alpha value is -1.40. The summed E-state index contributed by atoms with van der Waals surface area (Å²) < 4.78 is 23.2. The molecule has 2 saturated heterocycles. The molecule has 2 aliphatic heterocycles. The standard InChI is InChI=1S/C18H26N2O3S/c1-2-14-3-5-15(6-4-14)17-13-19-9-10-20(17)18(21)16-7-11-24(22,23)12-8-16/h3-6,16-17,19H,2,7-13H2,1H3. The SMILES string of the molecule is CCc1ccc(C2CNCCN2C(=O)C2CCS(=O)(=O)CC2)cc1. The first-order valence-electron chi connectivity index (χ1n) is 8.80. The van der Waals surface area contributed by atoms with Gasteiger partial charge in [0.25, 0.3) is 0 Å². The fourth-order valence-corrected chi connectivity index (χ4v) is 5.10. The van der Waals surface area contributed by atoms with Crippen LogP contribution in [-0.2, 0) is 21.1 Å². The first kappa shape index (κ1) is 17.4. The zero-order valence-corrected chi connectivity index (χ0v) is 15.0. The van der Waals surface area contributed by atoms with E-state index in [1.54, 1.807) is 0 Å². The van der Waals surface area contributed by atoms with Crippen LogP contribution in [0.15, 0.2) is 24.3 Å². The van der Waals surface area contributed by atoms with Crippen molar-refractivity contribution in [3.05, 3.63) is 35.4 Å². The molecular weight excluding hydrogens is 324 g/mol. The lowest BCUT2D eigenvalue weighted by Gasteiger charge is -2.39. The number of rotatable bonds is 3. The number of piperazine rings is 1. The molecular formula is C18H26N2O3S. The third-order valence-corrected chi connectivity index (χ3v) is 6.92. The molecule has 1 aromatic carbocycles. The number of amides is 1. The minimum atomic E-state index is -2.94. The van der Waals surface area contributed by atoms with E-state index in [1.165, 1.54) is 5.56 Å². The summed E-state index contributed by atoms with van der Waals surface area (Å²) in [4.78, 5) is 14.9. The molecule has 0 bridgehead atoms. The molecule has 1 atom stereocenters. The van der Waals surface area contributed by atoms with Crippen molar-refractivity contribution in [3.63, 3.8) is 0 Å². The summed E-state index contributed by atoms with van der Waals surface area (Å²) in [6.45, 7) is 4.36. The molecule has 1 unspecified atom stereocenters. The van der Waals surface area contributed by atoms with Crippen LogP contribution in [0, 0.1) is 5.92 Å². The average Bonchev–Trinajstić information content (AvgIpc) is 2.61. The Morgan fingerprint density at radius 3 is 2.50 bits per heavy atom. The molecule has 0 radical (unpaired) electrons. The number of nitrogens with one attached hydrogen (secondary N) is 1. The van der Waals surface area contributed by atoms with E-state index in [2.05, 4.69) is 36.5 Å². The number of carbonyl (C=O) groups is 1. The van der Waals surface area contributed by atoms with Crippen LogP contribution in [-0.4, -0.2) is 50.4 Å². The molecule has 0 spiro atoms. The predicted molar refractivity (Wildman–Crippen MR) is 94.5 cm³/mol. The first-order valence-corrected chi connectivity index (χ1v) is 10.6. The Balaban J connectivity index is 1.75. The van der Waals surface area contributed by atoms with E-state index in [-0.39, 0.29) is 29.4 Å². The Kier molecular flexibility index (Phi) is 5.25. The largest absolute Gasteiger partial charge is 0.333 e. The Morgan fingerprint density at radius 1 is 1.21 bits per heavy atom. The van der Waals surface area contributed by atoms with Gasteiger partial charge in [-0.2, -0.15) is 0 Å². The van der Waals surface area contributed by atoms with E-state index in [4.69, 9.17) is 0 Å². The fraction of sp³-hybridized carbons (Fsp3) is 0.611. The van der Waals surface area contributed by atoms with Crippen molar-refractivity contribution in [2.75, 3.05) is 31.1 Å². The molecule has 1 amide bonds. The monoisotopic (exact) mass is 350 g/mol. The molecule has 2 aliphatic rings. The van der Waals surface area contributed by atoms with Crippen molar-refractivity contribution >= 4 is 15.7 Å². The molecule has 3 rings (SSSR count). The van der Waals surface area contributed by atoms with Gasteiger partial charge >= 0.3 is 0 Å². The summed E-state index contributed by atoms with van der Waals surface area (Å²) in [6.07, 6.45) is 1.93. The number of nitrogens with zero attached hydrogens (tertiary/aromatic N) is 1. The van der Waals surface area contributed by atoms with Crippen molar-refractivity contribution in [2.45, 2.75) is 32.2 Å². The number of sulfone groups is 1. The van der Waals surface area contributed by atoms with Crippen molar-refractivity contribution in [2.24, 2.45) is 5.92 Å². The van der Waals surface area contributed by atoms with Crippen LogP contribution in [0.4, 0.5) is 0 Å². The van der Waals surface area contributed by atoms with Gasteiger partial charge < -0.3 is 10.2 Å². The highest BCUT2D eigenvalue weighted by Gasteiger charge is 2.35. The van der Waals surface area contributed by atoms with Gasteiger partial charge in [0, 0.05) is 25.6 Å². The van der Waals surface area contributed by atoms with Gasteiger partial charge in [-0.1, -0.05) is 31.2 Å². The maximum Gasteiger partial charge on any atom is 0.226 e. The van der Waals surface area contributed by atoms with Crippen LogP contribution in [0.1, 0.15) is 36.9 Å². The minimum absolute atomic E-state index is 0.0377. The Labute approximate surface area is 144 Å². The molecule has 2 fully saturated rings. The van der Waals surface area contributed by atoms with Crippen molar-refractivity contribution < 1.29 is 13.2 Å². The van der Waals surface area contributed by atoms with Gasteiger partial charge in [-0.25, -0.2) is 8.42 Å². The molecule has 2 heterocycles. The lowest BCUT2D eigenvalue weighted by atomic mass is 9.96. The van der Waals surface area contributed by atoms with Crippen LogP contribution in [0.2, 0.25) is 0 Å². The number of carbonyl (C=O) groups excluding carboxylic acids is 1. The number of benzene rings is 1. The van der Waals surface area contributed by atoms with E-state index in [9.17, 15) is 13.2 Å². The van der Waals surface area contributed by atoms with Gasteiger partial charge in [-0.3, -0.25) is 4.79 Å². The Bertz CT molecular complexity index is 671. The molecule has 0 saturated carbocycles. The van der Waals surface area contributed by atoms with Crippen LogP contribution in [0.25, 0.3) is 0 Å². The lowest BCUT2D eigenvalue weighted by Crippen LogP contribution is -2.51. The smallest absolute Gasteiger partial charge is 0.226 e. The van der Waals surface area contributed by atoms with Crippen molar-refractivity contribution in [1.82, 2.24) is 10.2 Å². The number of aryl methyl sites for hydroxylation is 1. The lowest BCUT2D eigenvalue weighted by molar-refractivity contribution is -0.139. The van der Waals surface area contributed by atoms with Crippen LogP contribution in [0.5, 0.6) is 0 Å². The second-order valence-corrected chi connectivity index (χ2v) is 9.08. The second kappa shape index (κ2) is 7.23. The van der Waals surface area contributed by atoms with Gasteiger partial charge in [0.2, 0.25) is 5.91 Å². The quantitative estimate of drug-likeness (QED) is 0.898. The van der Waals surface area contributed by atoms with E-state index in [1.807, 2.05) is 4.90 Å². The molecule has 6 heteroatoms. The average molecular weight is 350 g/mol. The summed E-state index contributed by atoms with van der Waals surface area (Å²) in [5, 5.41) is 3.37. The normalized spacial score (nSPS) is 24.7. The fourth-order valence-electron chi connectivity index (χ4n) is 3.61. The Morgan fingerprint density at radius 2 is 1.88 bits per heavy atom. The van der Waals surface area contributed by atoms with Crippen molar-refractivity contribution in [3.8, 4) is 0 Å². The van der Waals surface area contributed by atoms with E-state index in [0.29, 0.717) is 19.4 Å². The van der Waals surface area contributed by atoms with E-state index >= 15 is 0 Å². The second-order valence-electron chi connectivity index (χ2n) is 6.77. The maximum atomic E-state index is 13.0. The first-order chi connectivity index (χ1) is 11.5. The molecule has 0 aliphatic carbocycles. The summed E-state index contributed by atoms with van der Waals surface area (Å²) in [5.74, 6) is 0.261. The number of hydrogen-bond donors (Lipinski definition) is 1. The van der Waals surface area contributed by atoms with Crippen LogP contribution < -0.4 is 5.32 Å². The predicted octanol–water partition coefficient (Wildman–Crippen LogP) is 1.55. The van der Waals surface area contributed by atoms with Gasteiger partial charge in [0.1, 0.15) is 9.84 Å². The molecule has 1 N–H and O–H groups in total.